The number of nitrogens with zero attached hydrogens (tertiary/aromatic N) is 1. The second-order valence-corrected chi connectivity index (χ2v) is 4.12. The normalized spacial score (nSPS) is 11.8. The Labute approximate surface area is 102 Å². The average molecular weight is 231 g/mol. The molecule has 0 unspecified atom stereocenters. The van der Waals surface area contributed by atoms with Crippen molar-refractivity contribution in [1.82, 2.24) is 4.90 Å². The summed E-state index contributed by atoms with van der Waals surface area (Å²) in [5.41, 5.74) is 1.87. The fraction of sp³-hybridized carbons (Fsp3) is 0.286. The second kappa shape index (κ2) is 5.43. The quantitative estimate of drug-likeness (QED) is 0.454. The molecule has 0 aliphatic rings. The number of amides is 1. The summed E-state index contributed by atoms with van der Waals surface area (Å²) in [6.07, 6.45) is 0. The minimum absolute atomic E-state index is 0.204. The van der Waals surface area contributed by atoms with Crippen LogP contribution < -0.4 is 0 Å². The van der Waals surface area contributed by atoms with E-state index in [4.69, 9.17) is 0 Å². The van der Waals surface area contributed by atoms with E-state index >= 15 is 0 Å². The van der Waals surface area contributed by atoms with Gasteiger partial charge in [0.2, 0.25) is 0 Å². The number of ketones is 1. The predicted octanol–water partition coefficient (Wildman–Crippen LogP) is 2.14. The van der Waals surface area contributed by atoms with Gasteiger partial charge in [0.05, 0.1) is 5.57 Å². The van der Waals surface area contributed by atoms with E-state index in [0.717, 1.165) is 11.1 Å². The molecule has 0 radical (unpaired) electrons. The molecule has 3 nitrogen and oxygen atoms in total. The summed E-state index contributed by atoms with van der Waals surface area (Å²) in [5, 5.41) is 0. The first kappa shape index (κ1) is 13.2. The number of likely N-dealkylation sites (N-methyl/N-ethyl adjacent to an activating group) is 1. The van der Waals surface area contributed by atoms with Crippen LogP contribution in [0.1, 0.15) is 19.4 Å². The zero-order chi connectivity index (χ0) is 13.0. The molecule has 0 spiro atoms. The fourth-order valence-electron chi connectivity index (χ4n) is 1.63. The molecule has 0 bridgehead atoms. The van der Waals surface area contributed by atoms with Crippen LogP contribution in [0, 0.1) is 0 Å². The summed E-state index contributed by atoms with van der Waals surface area (Å²) in [6.45, 7) is 3.22. The lowest BCUT2D eigenvalue weighted by Gasteiger charge is -2.14. The molecule has 0 atom stereocenters. The summed E-state index contributed by atoms with van der Waals surface area (Å²) in [6, 6.07) is 9.45. The number of hydrogen-bond donors (Lipinski definition) is 0. The summed E-state index contributed by atoms with van der Waals surface area (Å²) >= 11 is 0. The Morgan fingerprint density at radius 2 is 1.53 bits per heavy atom. The van der Waals surface area contributed by atoms with Crippen molar-refractivity contribution in [2.24, 2.45) is 0 Å². The van der Waals surface area contributed by atoms with Crippen LogP contribution >= 0.6 is 0 Å². The van der Waals surface area contributed by atoms with Gasteiger partial charge < -0.3 is 4.90 Å². The molecular formula is C14H17NO2. The Balaban J connectivity index is 3.31. The molecule has 1 aromatic carbocycles. The molecule has 0 aromatic heterocycles. The van der Waals surface area contributed by atoms with Crippen molar-refractivity contribution < 1.29 is 9.59 Å². The Morgan fingerprint density at radius 3 is 1.94 bits per heavy atom. The van der Waals surface area contributed by atoms with Crippen LogP contribution in [0.15, 0.2) is 35.9 Å². The van der Waals surface area contributed by atoms with Crippen molar-refractivity contribution in [1.29, 1.82) is 0 Å². The number of hydrogen-bond acceptors (Lipinski definition) is 2. The minimum Gasteiger partial charge on any atom is -0.345 e. The molecule has 1 rings (SSSR count). The van der Waals surface area contributed by atoms with Crippen LogP contribution in [0.4, 0.5) is 0 Å². The number of allylic oxidation sites excluding steroid dienone is 1. The van der Waals surface area contributed by atoms with E-state index in [2.05, 4.69) is 0 Å². The van der Waals surface area contributed by atoms with Crippen LogP contribution in [0.25, 0.3) is 5.57 Å². The van der Waals surface area contributed by atoms with E-state index in [1.54, 1.807) is 21.0 Å². The third-order valence-corrected chi connectivity index (χ3v) is 2.55. The number of benzene rings is 1. The molecule has 0 heterocycles. The maximum absolute atomic E-state index is 11.9. The van der Waals surface area contributed by atoms with Gasteiger partial charge in [-0.2, -0.15) is 0 Å². The second-order valence-electron chi connectivity index (χ2n) is 4.12. The van der Waals surface area contributed by atoms with Crippen molar-refractivity contribution in [2.45, 2.75) is 13.8 Å². The van der Waals surface area contributed by atoms with Gasteiger partial charge in [-0.25, -0.2) is 0 Å². The predicted molar refractivity (Wildman–Crippen MR) is 68.4 cm³/mol. The monoisotopic (exact) mass is 231 g/mol. The maximum atomic E-state index is 11.9. The highest BCUT2D eigenvalue weighted by molar-refractivity contribution is 6.23. The van der Waals surface area contributed by atoms with Gasteiger partial charge in [-0.3, -0.25) is 9.59 Å². The molecule has 0 saturated heterocycles. The van der Waals surface area contributed by atoms with E-state index in [-0.39, 0.29) is 17.3 Å². The van der Waals surface area contributed by atoms with Crippen molar-refractivity contribution >= 4 is 17.3 Å². The van der Waals surface area contributed by atoms with E-state index in [0.29, 0.717) is 0 Å². The Kier molecular flexibility index (Phi) is 4.21. The van der Waals surface area contributed by atoms with Crippen molar-refractivity contribution in [2.75, 3.05) is 14.1 Å². The average Bonchev–Trinajstić information content (AvgIpc) is 2.29. The molecule has 0 N–H and O–H groups in total. The molecule has 1 aromatic rings. The van der Waals surface area contributed by atoms with Gasteiger partial charge in [-0.1, -0.05) is 30.3 Å². The molecule has 0 fully saturated rings. The van der Waals surface area contributed by atoms with Gasteiger partial charge >= 0.3 is 0 Å². The van der Waals surface area contributed by atoms with Crippen molar-refractivity contribution in [3.05, 3.63) is 41.5 Å². The molecule has 3 heteroatoms. The zero-order valence-electron chi connectivity index (χ0n) is 10.7. The standard InChI is InChI=1S/C14H17NO2/c1-10(12-8-6-5-7-9-12)13(11(2)16)14(17)15(3)4/h5-9H,1-4H3/b13-10-. The van der Waals surface area contributed by atoms with Gasteiger partial charge in [0.25, 0.3) is 5.91 Å². The number of rotatable bonds is 3. The number of carbonyl (C=O) groups is 2. The largest absolute Gasteiger partial charge is 0.345 e. The molecule has 90 valence electrons. The molecule has 1 amide bonds. The SMILES string of the molecule is CC(=O)/C(C(=O)N(C)C)=C(\C)c1ccccc1. The third-order valence-electron chi connectivity index (χ3n) is 2.55. The van der Waals surface area contributed by atoms with Gasteiger partial charge in [0.1, 0.15) is 0 Å². The highest BCUT2D eigenvalue weighted by Crippen LogP contribution is 2.19. The summed E-state index contributed by atoms with van der Waals surface area (Å²) in [7, 11) is 3.28. The lowest BCUT2D eigenvalue weighted by Crippen LogP contribution is -2.27. The van der Waals surface area contributed by atoms with Gasteiger partial charge in [0, 0.05) is 14.1 Å². The highest BCUT2D eigenvalue weighted by atomic mass is 16.2. The molecule has 0 aliphatic heterocycles. The number of Topliss-reactive ketones (excluding diaryl/α,β-unsaturated/α-hetero) is 1. The zero-order valence-corrected chi connectivity index (χ0v) is 10.7. The van der Waals surface area contributed by atoms with E-state index in [1.807, 2.05) is 30.3 Å². The molecular weight excluding hydrogens is 214 g/mol. The lowest BCUT2D eigenvalue weighted by atomic mass is 9.98. The van der Waals surface area contributed by atoms with Gasteiger partial charge in [0.15, 0.2) is 5.78 Å². The summed E-state index contributed by atoms with van der Waals surface area (Å²) < 4.78 is 0. The van der Waals surface area contributed by atoms with Gasteiger partial charge in [-0.05, 0) is 25.0 Å². The number of carbonyl (C=O) groups excluding carboxylic acids is 2. The van der Waals surface area contributed by atoms with Crippen LogP contribution in [-0.4, -0.2) is 30.7 Å². The fourth-order valence-corrected chi connectivity index (χ4v) is 1.63. The summed E-state index contributed by atoms with van der Waals surface area (Å²) in [4.78, 5) is 25.0. The lowest BCUT2D eigenvalue weighted by molar-refractivity contribution is -0.127. The van der Waals surface area contributed by atoms with E-state index in [1.165, 1.54) is 11.8 Å². The van der Waals surface area contributed by atoms with Crippen LogP contribution in [-0.2, 0) is 9.59 Å². The van der Waals surface area contributed by atoms with Crippen molar-refractivity contribution in [3.63, 3.8) is 0 Å². The molecule has 17 heavy (non-hydrogen) atoms. The van der Waals surface area contributed by atoms with Crippen molar-refractivity contribution in [3.8, 4) is 0 Å². The first-order valence-electron chi connectivity index (χ1n) is 5.44. The molecule has 0 aliphatic carbocycles. The first-order chi connectivity index (χ1) is 7.95. The van der Waals surface area contributed by atoms with Crippen LogP contribution in [0.2, 0.25) is 0 Å². The smallest absolute Gasteiger partial charge is 0.257 e. The minimum atomic E-state index is -0.251. The third kappa shape index (κ3) is 3.03. The van der Waals surface area contributed by atoms with Gasteiger partial charge in [-0.15, -0.1) is 0 Å². The Bertz CT molecular complexity index is 458. The van der Waals surface area contributed by atoms with E-state index < -0.39 is 0 Å². The topological polar surface area (TPSA) is 37.4 Å². The van der Waals surface area contributed by atoms with Crippen LogP contribution in [0.5, 0.6) is 0 Å². The van der Waals surface area contributed by atoms with Crippen LogP contribution in [0.3, 0.4) is 0 Å². The first-order valence-corrected chi connectivity index (χ1v) is 5.44. The molecule has 0 saturated carbocycles. The van der Waals surface area contributed by atoms with E-state index in [9.17, 15) is 9.59 Å². The maximum Gasteiger partial charge on any atom is 0.257 e. The Morgan fingerprint density at radius 1 is 1.00 bits per heavy atom. The Hall–Kier alpha value is -1.90. The highest BCUT2D eigenvalue weighted by Gasteiger charge is 2.19. The summed E-state index contributed by atoms with van der Waals surface area (Å²) in [5.74, 6) is -0.455.